The molecule has 0 fully saturated rings. The lowest BCUT2D eigenvalue weighted by Gasteiger charge is -2.15. The van der Waals surface area contributed by atoms with E-state index in [2.05, 4.69) is 252 Å². The van der Waals surface area contributed by atoms with E-state index in [1.807, 2.05) is 0 Å². The molecule has 0 aliphatic rings. The highest BCUT2D eigenvalue weighted by Crippen LogP contribution is 2.40. The second-order valence-corrected chi connectivity index (χ2v) is 16.1. The Kier molecular flexibility index (Phi) is 8.53. The van der Waals surface area contributed by atoms with E-state index in [-0.39, 0.29) is 0 Å². The molecule has 2 aromatic heterocycles. The Morgan fingerprint density at radius 1 is 0.210 bits per heavy atom. The number of rotatable bonds is 7. The molecule has 0 amide bonds. The van der Waals surface area contributed by atoms with Crippen LogP contribution in [0.25, 0.3) is 111 Å². The van der Waals surface area contributed by atoms with Gasteiger partial charge in [0, 0.05) is 32.8 Å². The number of aromatic nitrogens is 2. The SMILES string of the molecule is c1ccc(-c2cccc(-c3cccc(-c4ccc(-c5ccc(-c6ccccc6-n6c7ccccc7c7ccc(-n8c9ccccc9c9ccccc98)cc76)cc5)cc4)c3)c2)cc1. The van der Waals surface area contributed by atoms with Gasteiger partial charge in [0.15, 0.2) is 0 Å². The van der Waals surface area contributed by atoms with Crippen molar-refractivity contribution in [3.63, 3.8) is 0 Å². The Bertz CT molecular complexity index is 3550. The summed E-state index contributed by atoms with van der Waals surface area (Å²) in [6.07, 6.45) is 0. The number of fused-ring (bicyclic) bond motifs is 6. The summed E-state index contributed by atoms with van der Waals surface area (Å²) in [5.41, 5.74) is 19.1. The van der Waals surface area contributed by atoms with Crippen LogP contribution in [0.1, 0.15) is 0 Å². The maximum Gasteiger partial charge on any atom is 0.0562 e. The molecule has 0 aliphatic carbocycles. The Balaban J connectivity index is 0.884. The van der Waals surface area contributed by atoms with Crippen LogP contribution < -0.4 is 0 Å². The van der Waals surface area contributed by atoms with Crippen LogP contribution in [0, 0.1) is 0 Å². The molecular weight excluding hydrogens is 749 g/mol. The van der Waals surface area contributed by atoms with Crippen molar-refractivity contribution in [2.75, 3.05) is 0 Å². The van der Waals surface area contributed by atoms with E-state index in [1.165, 1.54) is 99.2 Å². The van der Waals surface area contributed by atoms with Gasteiger partial charge in [-0.1, -0.05) is 194 Å². The predicted molar refractivity (Wildman–Crippen MR) is 262 cm³/mol. The molecule has 0 spiro atoms. The van der Waals surface area contributed by atoms with Gasteiger partial charge in [-0.2, -0.15) is 0 Å². The summed E-state index contributed by atoms with van der Waals surface area (Å²) < 4.78 is 4.87. The summed E-state index contributed by atoms with van der Waals surface area (Å²) in [5.74, 6) is 0. The van der Waals surface area contributed by atoms with E-state index < -0.39 is 0 Å². The molecular formula is C60H40N2. The zero-order valence-electron chi connectivity index (χ0n) is 34.0. The van der Waals surface area contributed by atoms with Crippen LogP contribution in [-0.4, -0.2) is 9.13 Å². The van der Waals surface area contributed by atoms with Gasteiger partial charge in [-0.25, -0.2) is 0 Å². The smallest absolute Gasteiger partial charge is 0.0562 e. The first-order valence-corrected chi connectivity index (χ1v) is 21.3. The lowest BCUT2D eigenvalue weighted by Crippen LogP contribution is -1.99. The van der Waals surface area contributed by atoms with E-state index in [9.17, 15) is 0 Å². The molecule has 0 N–H and O–H groups in total. The van der Waals surface area contributed by atoms with Crippen LogP contribution in [0.2, 0.25) is 0 Å². The molecule has 0 bridgehead atoms. The third kappa shape index (κ3) is 6.04. The van der Waals surface area contributed by atoms with Gasteiger partial charge in [-0.3, -0.25) is 0 Å². The lowest BCUT2D eigenvalue weighted by molar-refractivity contribution is 1.16. The number of hydrogen-bond acceptors (Lipinski definition) is 0. The molecule has 12 aromatic rings. The average Bonchev–Trinajstić information content (AvgIpc) is 3.87. The normalized spacial score (nSPS) is 11.5. The summed E-state index contributed by atoms with van der Waals surface area (Å²) in [4.78, 5) is 0. The summed E-state index contributed by atoms with van der Waals surface area (Å²) in [7, 11) is 0. The molecule has 0 saturated carbocycles. The highest BCUT2D eigenvalue weighted by Gasteiger charge is 2.18. The van der Waals surface area contributed by atoms with Gasteiger partial charge in [0.05, 0.1) is 27.8 Å². The minimum absolute atomic E-state index is 1.15. The molecule has 0 unspecified atom stereocenters. The number of benzene rings is 10. The summed E-state index contributed by atoms with van der Waals surface area (Å²) in [6.45, 7) is 0. The van der Waals surface area contributed by atoms with Gasteiger partial charge in [-0.15, -0.1) is 0 Å². The number of hydrogen-bond donors (Lipinski definition) is 0. The average molecular weight is 789 g/mol. The van der Waals surface area contributed by atoms with Gasteiger partial charge in [0.25, 0.3) is 0 Å². The van der Waals surface area contributed by atoms with Gasteiger partial charge in [0.1, 0.15) is 0 Å². The first-order chi connectivity index (χ1) is 30.7. The fourth-order valence-electron chi connectivity index (χ4n) is 9.56. The maximum absolute atomic E-state index is 2.46. The van der Waals surface area contributed by atoms with E-state index in [4.69, 9.17) is 0 Å². The van der Waals surface area contributed by atoms with Crippen molar-refractivity contribution in [2.24, 2.45) is 0 Å². The zero-order valence-corrected chi connectivity index (χ0v) is 34.0. The largest absolute Gasteiger partial charge is 0.309 e. The van der Waals surface area contributed by atoms with Crippen molar-refractivity contribution >= 4 is 43.6 Å². The predicted octanol–water partition coefficient (Wildman–Crippen LogP) is 16.2. The molecule has 0 aliphatic heterocycles. The zero-order chi connectivity index (χ0) is 41.0. The Morgan fingerprint density at radius 2 is 0.597 bits per heavy atom. The van der Waals surface area contributed by atoms with Crippen molar-refractivity contribution in [1.29, 1.82) is 0 Å². The van der Waals surface area contributed by atoms with Crippen molar-refractivity contribution in [2.45, 2.75) is 0 Å². The molecule has 12 rings (SSSR count). The van der Waals surface area contributed by atoms with Crippen LogP contribution in [0.15, 0.2) is 243 Å². The fourth-order valence-corrected chi connectivity index (χ4v) is 9.56. The maximum atomic E-state index is 2.46. The summed E-state index contributed by atoms with van der Waals surface area (Å²) >= 11 is 0. The van der Waals surface area contributed by atoms with Crippen LogP contribution in [0.4, 0.5) is 0 Å². The highest BCUT2D eigenvalue weighted by atomic mass is 15.0. The standard InChI is InChI=1S/C60H40N2/c1-2-14-41(15-3-1)46-16-12-18-48(38-46)49-19-13-17-47(39-49)44-30-28-42(29-31-44)43-32-34-45(35-33-43)51-20-4-8-24-56(51)62-59-27-11-7-23-54(59)55-37-36-50(40-60(55)62)61-57-25-9-5-21-52(57)53-22-6-10-26-58(53)61/h1-40H. The van der Waals surface area contributed by atoms with Gasteiger partial charge in [-0.05, 0) is 98.6 Å². The van der Waals surface area contributed by atoms with Gasteiger partial charge < -0.3 is 9.13 Å². The molecule has 62 heavy (non-hydrogen) atoms. The first kappa shape index (κ1) is 35.7. The van der Waals surface area contributed by atoms with Crippen LogP contribution in [0.5, 0.6) is 0 Å². The highest BCUT2D eigenvalue weighted by molar-refractivity contribution is 6.12. The van der Waals surface area contributed by atoms with Crippen LogP contribution >= 0.6 is 0 Å². The second-order valence-electron chi connectivity index (χ2n) is 16.1. The molecule has 290 valence electrons. The Morgan fingerprint density at radius 3 is 1.16 bits per heavy atom. The Labute approximate surface area is 360 Å². The first-order valence-electron chi connectivity index (χ1n) is 21.3. The van der Waals surface area contributed by atoms with Gasteiger partial charge >= 0.3 is 0 Å². The molecule has 2 heteroatoms. The molecule has 10 aromatic carbocycles. The minimum atomic E-state index is 1.15. The lowest BCUT2D eigenvalue weighted by atomic mass is 9.95. The van der Waals surface area contributed by atoms with Crippen molar-refractivity contribution in [1.82, 2.24) is 9.13 Å². The third-order valence-corrected chi connectivity index (χ3v) is 12.6. The summed E-state index contributed by atoms with van der Waals surface area (Å²) in [6, 6.07) is 88.3. The van der Waals surface area contributed by atoms with E-state index in [0.717, 1.165) is 11.4 Å². The summed E-state index contributed by atoms with van der Waals surface area (Å²) in [5, 5.41) is 5.01. The quantitative estimate of drug-likeness (QED) is 0.152. The number of nitrogens with zero attached hydrogens (tertiary/aromatic N) is 2. The van der Waals surface area contributed by atoms with E-state index >= 15 is 0 Å². The van der Waals surface area contributed by atoms with Crippen LogP contribution in [0.3, 0.4) is 0 Å². The molecule has 2 heterocycles. The Hall–Kier alpha value is -8.20. The topological polar surface area (TPSA) is 9.86 Å². The van der Waals surface area contributed by atoms with Crippen molar-refractivity contribution < 1.29 is 0 Å². The molecule has 0 atom stereocenters. The van der Waals surface area contributed by atoms with E-state index in [1.54, 1.807) is 0 Å². The third-order valence-electron chi connectivity index (χ3n) is 12.6. The molecule has 2 nitrogen and oxygen atoms in total. The number of para-hydroxylation sites is 4. The van der Waals surface area contributed by atoms with E-state index in [0.29, 0.717) is 0 Å². The van der Waals surface area contributed by atoms with Crippen molar-refractivity contribution in [3.05, 3.63) is 243 Å². The monoisotopic (exact) mass is 788 g/mol. The van der Waals surface area contributed by atoms with Gasteiger partial charge in [0.2, 0.25) is 0 Å². The van der Waals surface area contributed by atoms with Crippen molar-refractivity contribution in [3.8, 4) is 67.0 Å². The fraction of sp³-hybridized carbons (Fsp3) is 0. The minimum Gasteiger partial charge on any atom is -0.309 e. The molecule has 0 radical (unpaired) electrons. The van der Waals surface area contributed by atoms with Crippen LogP contribution in [-0.2, 0) is 0 Å². The molecule has 0 saturated heterocycles. The second kappa shape index (κ2) is 14.8.